The number of ether oxygens (including phenoxy) is 2. The maximum Gasteiger partial charge on any atom is 0.118 e. The van der Waals surface area contributed by atoms with Crippen molar-refractivity contribution in [3.8, 4) is 5.75 Å². The standard InChI is InChI=1S/C13H17NO3/c1-9-4-10(2-3-13(9)15)14(5-11-7-16-11)6-12-8-17-12/h2-4,11-12,15H,5-8H2,1H3. The molecular formula is C13H17NO3. The van der Waals surface area contributed by atoms with Crippen molar-refractivity contribution >= 4 is 5.69 Å². The Balaban J connectivity index is 1.76. The number of epoxide rings is 2. The van der Waals surface area contributed by atoms with Crippen molar-refractivity contribution in [2.45, 2.75) is 19.1 Å². The van der Waals surface area contributed by atoms with Crippen LogP contribution in [0.5, 0.6) is 5.75 Å². The Morgan fingerprint density at radius 3 is 2.29 bits per heavy atom. The molecule has 0 aromatic heterocycles. The molecule has 2 unspecified atom stereocenters. The molecule has 0 amide bonds. The zero-order valence-corrected chi connectivity index (χ0v) is 9.93. The lowest BCUT2D eigenvalue weighted by atomic mass is 10.1. The predicted octanol–water partition coefficient (Wildman–Crippen LogP) is 1.30. The van der Waals surface area contributed by atoms with E-state index in [0.717, 1.165) is 37.6 Å². The van der Waals surface area contributed by atoms with Gasteiger partial charge >= 0.3 is 0 Å². The van der Waals surface area contributed by atoms with Gasteiger partial charge in [-0.05, 0) is 30.7 Å². The lowest BCUT2D eigenvalue weighted by molar-refractivity contribution is 0.389. The highest BCUT2D eigenvalue weighted by molar-refractivity contribution is 5.53. The molecule has 2 aliphatic rings. The number of benzene rings is 1. The third-order valence-electron chi connectivity index (χ3n) is 3.20. The molecule has 1 aromatic carbocycles. The molecule has 2 saturated heterocycles. The van der Waals surface area contributed by atoms with Gasteiger partial charge in [0, 0.05) is 18.8 Å². The van der Waals surface area contributed by atoms with Crippen molar-refractivity contribution in [2.75, 3.05) is 31.2 Å². The number of aryl methyl sites for hydroxylation is 1. The molecule has 0 radical (unpaired) electrons. The first-order valence-electron chi connectivity index (χ1n) is 6.00. The second-order valence-corrected chi connectivity index (χ2v) is 4.79. The van der Waals surface area contributed by atoms with Crippen molar-refractivity contribution in [2.24, 2.45) is 0 Å². The zero-order chi connectivity index (χ0) is 11.8. The van der Waals surface area contributed by atoms with Gasteiger partial charge < -0.3 is 19.5 Å². The summed E-state index contributed by atoms with van der Waals surface area (Å²) in [5, 5.41) is 9.55. The van der Waals surface area contributed by atoms with Crippen molar-refractivity contribution in [1.82, 2.24) is 0 Å². The summed E-state index contributed by atoms with van der Waals surface area (Å²) in [6.45, 7) is 5.45. The molecule has 2 aliphatic heterocycles. The number of phenols is 1. The van der Waals surface area contributed by atoms with Gasteiger partial charge in [-0.15, -0.1) is 0 Å². The summed E-state index contributed by atoms with van der Waals surface area (Å²) in [6.07, 6.45) is 0.728. The van der Waals surface area contributed by atoms with Crippen LogP contribution in [-0.4, -0.2) is 43.6 Å². The van der Waals surface area contributed by atoms with E-state index in [-0.39, 0.29) is 0 Å². The SMILES string of the molecule is Cc1cc(N(CC2CO2)CC2CO2)ccc1O. The molecular weight excluding hydrogens is 218 g/mol. The van der Waals surface area contributed by atoms with E-state index in [1.807, 2.05) is 19.1 Å². The number of phenolic OH excluding ortho intramolecular Hbond substituents is 1. The van der Waals surface area contributed by atoms with Gasteiger partial charge in [-0.3, -0.25) is 0 Å². The van der Waals surface area contributed by atoms with Gasteiger partial charge in [0.05, 0.1) is 25.4 Å². The van der Waals surface area contributed by atoms with Crippen LogP contribution in [0.15, 0.2) is 18.2 Å². The molecule has 4 nitrogen and oxygen atoms in total. The van der Waals surface area contributed by atoms with E-state index in [1.165, 1.54) is 0 Å². The average molecular weight is 235 g/mol. The van der Waals surface area contributed by atoms with Gasteiger partial charge in [-0.2, -0.15) is 0 Å². The molecule has 2 atom stereocenters. The maximum atomic E-state index is 9.55. The molecule has 0 aliphatic carbocycles. The first kappa shape index (κ1) is 10.9. The third kappa shape index (κ3) is 2.70. The predicted molar refractivity (Wildman–Crippen MR) is 64.5 cm³/mol. The molecule has 0 saturated carbocycles. The van der Waals surface area contributed by atoms with Crippen LogP contribution in [0.4, 0.5) is 5.69 Å². The molecule has 3 rings (SSSR count). The normalized spacial score (nSPS) is 25.7. The summed E-state index contributed by atoms with van der Waals surface area (Å²) in [7, 11) is 0. The van der Waals surface area contributed by atoms with Gasteiger partial charge in [0.15, 0.2) is 0 Å². The van der Waals surface area contributed by atoms with E-state index >= 15 is 0 Å². The topological polar surface area (TPSA) is 48.5 Å². The summed E-state index contributed by atoms with van der Waals surface area (Å²) in [4.78, 5) is 2.28. The maximum absolute atomic E-state index is 9.55. The van der Waals surface area contributed by atoms with Crippen LogP contribution in [0, 0.1) is 6.92 Å². The fourth-order valence-electron chi connectivity index (χ4n) is 1.96. The zero-order valence-electron chi connectivity index (χ0n) is 9.93. The van der Waals surface area contributed by atoms with Gasteiger partial charge in [-0.1, -0.05) is 0 Å². The molecule has 4 heteroatoms. The summed E-state index contributed by atoms with van der Waals surface area (Å²) in [5.74, 6) is 0.346. The smallest absolute Gasteiger partial charge is 0.118 e. The summed E-state index contributed by atoms with van der Waals surface area (Å²) in [5.41, 5.74) is 2.03. The number of anilines is 1. The van der Waals surface area contributed by atoms with E-state index in [2.05, 4.69) is 4.90 Å². The second kappa shape index (κ2) is 4.20. The summed E-state index contributed by atoms with van der Waals surface area (Å²) in [6, 6.07) is 5.71. The Morgan fingerprint density at radius 2 is 1.82 bits per heavy atom. The van der Waals surface area contributed by atoms with Crippen molar-refractivity contribution in [3.05, 3.63) is 23.8 Å². The lowest BCUT2D eigenvalue weighted by Crippen LogP contribution is -2.31. The van der Waals surface area contributed by atoms with E-state index in [4.69, 9.17) is 9.47 Å². The van der Waals surface area contributed by atoms with E-state index < -0.39 is 0 Å². The third-order valence-corrected chi connectivity index (χ3v) is 3.20. The summed E-state index contributed by atoms with van der Waals surface area (Å²) < 4.78 is 10.6. The highest BCUT2D eigenvalue weighted by Gasteiger charge is 2.30. The van der Waals surface area contributed by atoms with Crippen molar-refractivity contribution < 1.29 is 14.6 Å². The Bertz CT molecular complexity index is 399. The summed E-state index contributed by atoms with van der Waals surface area (Å²) >= 11 is 0. The average Bonchev–Trinajstić information content (AvgIpc) is 3.15. The van der Waals surface area contributed by atoms with Crippen LogP contribution in [0.1, 0.15) is 5.56 Å². The van der Waals surface area contributed by atoms with E-state index in [0.29, 0.717) is 18.0 Å². The van der Waals surface area contributed by atoms with Crippen LogP contribution in [0.2, 0.25) is 0 Å². The number of rotatable bonds is 5. The highest BCUT2D eigenvalue weighted by Crippen LogP contribution is 2.26. The van der Waals surface area contributed by atoms with Gasteiger partial charge in [-0.25, -0.2) is 0 Å². The Kier molecular flexibility index (Phi) is 2.68. The molecule has 2 fully saturated rings. The fourth-order valence-corrected chi connectivity index (χ4v) is 1.96. The van der Waals surface area contributed by atoms with Gasteiger partial charge in [0.25, 0.3) is 0 Å². The largest absolute Gasteiger partial charge is 0.508 e. The molecule has 0 bridgehead atoms. The number of hydrogen-bond acceptors (Lipinski definition) is 4. The molecule has 17 heavy (non-hydrogen) atoms. The van der Waals surface area contributed by atoms with E-state index in [9.17, 15) is 5.11 Å². The van der Waals surface area contributed by atoms with Crippen LogP contribution in [-0.2, 0) is 9.47 Å². The molecule has 0 spiro atoms. The fraction of sp³-hybridized carbons (Fsp3) is 0.538. The minimum atomic E-state index is 0.346. The number of hydrogen-bond donors (Lipinski definition) is 1. The van der Waals surface area contributed by atoms with Crippen LogP contribution in [0.3, 0.4) is 0 Å². The molecule has 92 valence electrons. The second-order valence-electron chi connectivity index (χ2n) is 4.79. The highest BCUT2D eigenvalue weighted by atomic mass is 16.6. The Labute approximate surface area is 101 Å². The van der Waals surface area contributed by atoms with Crippen LogP contribution >= 0.6 is 0 Å². The van der Waals surface area contributed by atoms with Crippen LogP contribution in [0.25, 0.3) is 0 Å². The Morgan fingerprint density at radius 1 is 1.24 bits per heavy atom. The van der Waals surface area contributed by atoms with E-state index in [1.54, 1.807) is 6.07 Å². The molecule has 1 aromatic rings. The Hall–Kier alpha value is -1.26. The lowest BCUT2D eigenvalue weighted by Gasteiger charge is -2.23. The monoisotopic (exact) mass is 235 g/mol. The number of aromatic hydroxyl groups is 1. The first-order chi connectivity index (χ1) is 8.22. The molecule has 1 N–H and O–H groups in total. The minimum Gasteiger partial charge on any atom is -0.508 e. The molecule has 2 heterocycles. The first-order valence-corrected chi connectivity index (χ1v) is 6.00. The van der Waals surface area contributed by atoms with Crippen LogP contribution < -0.4 is 4.90 Å². The number of nitrogens with zero attached hydrogens (tertiary/aromatic N) is 1. The van der Waals surface area contributed by atoms with Crippen molar-refractivity contribution in [3.63, 3.8) is 0 Å². The minimum absolute atomic E-state index is 0.346. The quantitative estimate of drug-likeness (QED) is 0.782. The van der Waals surface area contributed by atoms with Crippen molar-refractivity contribution in [1.29, 1.82) is 0 Å². The van der Waals surface area contributed by atoms with Gasteiger partial charge in [0.1, 0.15) is 5.75 Å². The van der Waals surface area contributed by atoms with Gasteiger partial charge in [0.2, 0.25) is 0 Å².